The number of hydrogen-bond acceptors (Lipinski definition) is 4. The Morgan fingerprint density at radius 3 is 2.96 bits per heavy atom. The Kier molecular flexibility index (Phi) is 4.78. The van der Waals surface area contributed by atoms with E-state index in [1.807, 2.05) is 15.6 Å². The Labute approximate surface area is 154 Å². The molecule has 1 saturated heterocycles. The second-order valence-electron chi connectivity index (χ2n) is 8.27. The summed E-state index contributed by atoms with van der Waals surface area (Å²) in [5.41, 5.74) is 2.72. The molecule has 1 atom stereocenters. The Bertz CT molecular complexity index is 760. The predicted molar refractivity (Wildman–Crippen MR) is 97.8 cm³/mol. The van der Waals surface area contributed by atoms with E-state index in [-0.39, 0.29) is 5.91 Å². The molecule has 2 aromatic rings. The lowest BCUT2D eigenvalue weighted by atomic mass is 9.97. The number of H-pyrrole nitrogens is 1. The first kappa shape index (κ1) is 17.2. The molecular weight excluding hydrogens is 328 g/mol. The summed E-state index contributed by atoms with van der Waals surface area (Å²) < 4.78 is 1.94. The van der Waals surface area contributed by atoms with Gasteiger partial charge in [0.25, 0.3) is 5.91 Å². The average molecular weight is 356 g/mol. The summed E-state index contributed by atoms with van der Waals surface area (Å²) in [4.78, 5) is 14.7. The molecule has 0 aromatic carbocycles. The highest BCUT2D eigenvalue weighted by Gasteiger charge is 2.29. The van der Waals surface area contributed by atoms with Gasteiger partial charge in [0.15, 0.2) is 0 Å². The Morgan fingerprint density at radius 1 is 1.35 bits per heavy atom. The molecule has 0 bridgehead atoms. The number of aromatic nitrogens is 5. The first-order chi connectivity index (χ1) is 12.6. The molecule has 3 heterocycles. The number of carbonyl (C=O) groups excluding carboxylic acids is 1. The summed E-state index contributed by atoms with van der Waals surface area (Å²) in [6.07, 6.45) is 7.58. The minimum Gasteiger partial charge on any atom is -0.337 e. The number of carbonyl (C=O) groups is 1. The third-order valence-electron chi connectivity index (χ3n) is 5.29. The number of amides is 1. The second-order valence-corrected chi connectivity index (χ2v) is 8.27. The zero-order chi connectivity index (χ0) is 18.1. The van der Waals surface area contributed by atoms with Crippen LogP contribution >= 0.6 is 0 Å². The van der Waals surface area contributed by atoms with Gasteiger partial charge in [0.1, 0.15) is 5.69 Å². The Balaban J connectivity index is 1.35. The van der Waals surface area contributed by atoms with Crippen molar-refractivity contribution in [3.63, 3.8) is 0 Å². The molecule has 26 heavy (non-hydrogen) atoms. The molecule has 2 aromatic heterocycles. The summed E-state index contributed by atoms with van der Waals surface area (Å²) in [6, 6.07) is 1.94. The Hall–Kier alpha value is -2.18. The largest absolute Gasteiger partial charge is 0.337 e. The van der Waals surface area contributed by atoms with Gasteiger partial charge in [0.05, 0.1) is 5.69 Å². The molecule has 1 amide bonds. The fourth-order valence-corrected chi connectivity index (χ4v) is 3.81. The number of likely N-dealkylation sites (tertiary alicyclic amines) is 1. The molecule has 2 fully saturated rings. The fourth-order valence-electron chi connectivity index (χ4n) is 3.81. The van der Waals surface area contributed by atoms with Gasteiger partial charge < -0.3 is 4.90 Å². The number of hydrogen-bond donors (Lipinski definition) is 1. The van der Waals surface area contributed by atoms with Crippen LogP contribution in [0.25, 0.3) is 0 Å². The van der Waals surface area contributed by atoms with Crippen LogP contribution in [0.3, 0.4) is 0 Å². The van der Waals surface area contributed by atoms with Crippen molar-refractivity contribution < 1.29 is 4.79 Å². The summed E-state index contributed by atoms with van der Waals surface area (Å²) >= 11 is 0. The molecule has 1 aliphatic carbocycles. The van der Waals surface area contributed by atoms with Gasteiger partial charge in [-0.15, -0.1) is 5.10 Å². The molecule has 1 saturated carbocycles. The zero-order valence-corrected chi connectivity index (χ0v) is 15.7. The van der Waals surface area contributed by atoms with Crippen LogP contribution in [-0.2, 0) is 13.0 Å². The van der Waals surface area contributed by atoms with Crippen molar-refractivity contribution >= 4 is 5.91 Å². The summed E-state index contributed by atoms with van der Waals surface area (Å²) in [6.45, 7) is 6.78. The SMILES string of the molecule is CC(C)Cc1cn(C[C@@H]2CCCN(C(=O)c3cc(C4CC4)[nH]n3)C2)nn1. The van der Waals surface area contributed by atoms with Crippen molar-refractivity contribution in [2.45, 2.75) is 58.4 Å². The molecule has 1 aliphatic heterocycles. The van der Waals surface area contributed by atoms with Gasteiger partial charge in [-0.2, -0.15) is 5.10 Å². The zero-order valence-electron chi connectivity index (χ0n) is 15.7. The molecule has 0 spiro atoms. The van der Waals surface area contributed by atoms with Crippen molar-refractivity contribution in [2.75, 3.05) is 13.1 Å². The average Bonchev–Trinajstić information content (AvgIpc) is 3.19. The summed E-state index contributed by atoms with van der Waals surface area (Å²) in [5.74, 6) is 1.64. The molecule has 4 rings (SSSR count). The van der Waals surface area contributed by atoms with Gasteiger partial charge in [-0.25, -0.2) is 0 Å². The van der Waals surface area contributed by atoms with Crippen LogP contribution in [0.5, 0.6) is 0 Å². The van der Waals surface area contributed by atoms with Gasteiger partial charge >= 0.3 is 0 Å². The standard InChI is InChI=1S/C19H28N6O/c1-13(2)8-16-12-25(23-20-16)11-14-4-3-7-24(10-14)19(26)18-9-17(21-22-18)15-5-6-15/h9,12-15H,3-8,10-11H2,1-2H3,(H,21,22)/t14-/m1/s1. The van der Waals surface area contributed by atoms with Gasteiger partial charge in [-0.05, 0) is 50.0 Å². The Morgan fingerprint density at radius 2 is 2.19 bits per heavy atom. The highest BCUT2D eigenvalue weighted by molar-refractivity contribution is 5.92. The molecule has 2 aliphatic rings. The van der Waals surface area contributed by atoms with Crippen molar-refractivity contribution in [1.29, 1.82) is 0 Å². The maximum absolute atomic E-state index is 12.8. The first-order valence-corrected chi connectivity index (χ1v) is 9.82. The second kappa shape index (κ2) is 7.21. The van der Waals surface area contributed by atoms with Gasteiger partial charge in [-0.3, -0.25) is 14.6 Å². The van der Waals surface area contributed by atoms with E-state index in [4.69, 9.17) is 0 Å². The normalized spacial score (nSPS) is 20.7. The maximum Gasteiger partial charge on any atom is 0.274 e. The molecule has 7 heteroatoms. The van der Waals surface area contributed by atoms with Crippen LogP contribution in [-0.4, -0.2) is 49.1 Å². The van der Waals surface area contributed by atoms with Crippen LogP contribution in [0.4, 0.5) is 0 Å². The van der Waals surface area contributed by atoms with E-state index < -0.39 is 0 Å². The molecule has 0 radical (unpaired) electrons. The lowest BCUT2D eigenvalue weighted by Crippen LogP contribution is -2.41. The smallest absolute Gasteiger partial charge is 0.274 e. The monoisotopic (exact) mass is 356 g/mol. The highest BCUT2D eigenvalue weighted by Crippen LogP contribution is 2.39. The maximum atomic E-state index is 12.8. The van der Waals surface area contributed by atoms with Crippen molar-refractivity contribution in [2.24, 2.45) is 11.8 Å². The van der Waals surface area contributed by atoms with E-state index in [2.05, 4.69) is 40.6 Å². The van der Waals surface area contributed by atoms with Gasteiger partial charge in [0.2, 0.25) is 0 Å². The van der Waals surface area contributed by atoms with E-state index in [1.54, 1.807) is 0 Å². The highest BCUT2D eigenvalue weighted by atomic mass is 16.2. The van der Waals surface area contributed by atoms with Crippen LogP contribution in [0.1, 0.15) is 67.3 Å². The van der Waals surface area contributed by atoms with E-state index in [1.165, 1.54) is 12.8 Å². The topological polar surface area (TPSA) is 79.7 Å². The summed E-state index contributed by atoms with van der Waals surface area (Å²) in [5, 5.41) is 15.8. The lowest BCUT2D eigenvalue weighted by molar-refractivity contribution is 0.0653. The van der Waals surface area contributed by atoms with E-state index >= 15 is 0 Å². The van der Waals surface area contributed by atoms with Crippen molar-refractivity contribution in [3.8, 4) is 0 Å². The van der Waals surface area contributed by atoms with Crippen molar-refractivity contribution in [1.82, 2.24) is 30.1 Å². The van der Waals surface area contributed by atoms with Gasteiger partial charge in [0, 0.05) is 37.4 Å². The molecule has 1 N–H and O–H groups in total. The third-order valence-corrected chi connectivity index (χ3v) is 5.29. The minimum atomic E-state index is 0.0527. The fraction of sp³-hybridized carbons (Fsp3) is 0.684. The van der Waals surface area contributed by atoms with Crippen LogP contribution in [0, 0.1) is 11.8 Å². The first-order valence-electron chi connectivity index (χ1n) is 9.82. The number of nitrogens with zero attached hydrogens (tertiary/aromatic N) is 5. The quantitative estimate of drug-likeness (QED) is 0.863. The number of piperidine rings is 1. The van der Waals surface area contributed by atoms with E-state index in [0.717, 1.165) is 50.3 Å². The molecule has 0 unspecified atom stereocenters. The van der Waals surface area contributed by atoms with Crippen LogP contribution in [0.15, 0.2) is 12.3 Å². The molecule has 7 nitrogen and oxygen atoms in total. The third kappa shape index (κ3) is 3.97. The predicted octanol–water partition coefficient (Wildman–Crippen LogP) is 2.63. The molecule has 140 valence electrons. The number of rotatable bonds is 6. The molecular formula is C19H28N6O. The van der Waals surface area contributed by atoms with Gasteiger partial charge in [-0.1, -0.05) is 19.1 Å². The number of nitrogens with one attached hydrogen (secondary N) is 1. The lowest BCUT2D eigenvalue weighted by Gasteiger charge is -2.32. The summed E-state index contributed by atoms with van der Waals surface area (Å²) in [7, 11) is 0. The minimum absolute atomic E-state index is 0.0527. The van der Waals surface area contributed by atoms with E-state index in [9.17, 15) is 4.79 Å². The van der Waals surface area contributed by atoms with Crippen LogP contribution < -0.4 is 0 Å². The number of aromatic amines is 1. The van der Waals surface area contributed by atoms with E-state index in [0.29, 0.717) is 23.4 Å². The van der Waals surface area contributed by atoms with Crippen LogP contribution in [0.2, 0.25) is 0 Å². The van der Waals surface area contributed by atoms with Crippen molar-refractivity contribution in [3.05, 3.63) is 29.3 Å².